The second-order valence-electron chi connectivity index (χ2n) is 10.3. The summed E-state index contributed by atoms with van der Waals surface area (Å²) >= 11 is 0. The number of esters is 1. The first-order chi connectivity index (χ1) is 15.4. The van der Waals surface area contributed by atoms with Crippen molar-refractivity contribution < 1.29 is 28.7 Å². The molecule has 3 amide bonds. The van der Waals surface area contributed by atoms with Crippen molar-refractivity contribution in [3.63, 3.8) is 0 Å². The lowest BCUT2D eigenvalue weighted by atomic mass is 9.65. The number of nitrogens with zero attached hydrogens (tertiary/aromatic N) is 2. The molecule has 0 bridgehead atoms. The topological polar surface area (TPSA) is 105 Å². The predicted molar refractivity (Wildman–Crippen MR) is 119 cm³/mol. The van der Waals surface area contributed by atoms with Gasteiger partial charge in [0.15, 0.2) is 0 Å². The highest BCUT2D eigenvalue weighted by molar-refractivity contribution is 6.10. The third-order valence-corrected chi connectivity index (χ3v) is 7.45. The summed E-state index contributed by atoms with van der Waals surface area (Å²) in [5, 5.41) is 3.29. The fraction of sp³-hybridized carbons (Fsp3) is 0.583. The van der Waals surface area contributed by atoms with Crippen LogP contribution in [0.2, 0.25) is 0 Å². The Morgan fingerprint density at radius 1 is 1.03 bits per heavy atom. The van der Waals surface area contributed by atoms with E-state index in [2.05, 4.69) is 5.32 Å². The number of ether oxygens (including phenoxy) is 2. The van der Waals surface area contributed by atoms with Crippen LogP contribution in [0, 0.1) is 23.2 Å². The van der Waals surface area contributed by atoms with Crippen LogP contribution in [0.5, 0.6) is 5.75 Å². The Bertz CT molecular complexity index is 1020. The molecule has 4 rings (SSSR count). The van der Waals surface area contributed by atoms with Crippen molar-refractivity contribution in [2.75, 3.05) is 26.2 Å². The third kappa shape index (κ3) is 3.16. The molecular weight excluding hydrogens is 426 g/mol. The van der Waals surface area contributed by atoms with Crippen LogP contribution in [0.3, 0.4) is 0 Å². The molecule has 3 saturated heterocycles. The largest absolute Gasteiger partial charge is 0.497 e. The van der Waals surface area contributed by atoms with Crippen molar-refractivity contribution in [2.24, 2.45) is 23.2 Å². The van der Waals surface area contributed by atoms with Crippen molar-refractivity contribution in [2.45, 2.75) is 45.3 Å². The van der Waals surface area contributed by atoms with E-state index in [0.29, 0.717) is 11.4 Å². The standard InChI is InChI=1S/C24H31N3O6/c1-23(2,3)16-18(27(21(16)30)12-8-10-13(32-6)11-9-12)17-14-15(20(29)26(5)19(14)28)24(4,25-17)22(31)33-7/h8-11,14-18,25H,1-7H3/t14-,15-,16+,17+,18+,24-/m0/s1. The highest BCUT2D eigenvalue weighted by Gasteiger charge is 2.71. The summed E-state index contributed by atoms with van der Waals surface area (Å²) < 4.78 is 10.3. The number of nitrogens with one attached hydrogen (secondary N) is 1. The predicted octanol–water partition coefficient (Wildman–Crippen LogP) is 1.21. The molecule has 178 valence electrons. The molecule has 3 aliphatic heterocycles. The van der Waals surface area contributed by atoms with Crippen LogP contribution in [-0.4, -0.2) is 67.5 Å². The third-order valence-electron chi connectivity index (χ3n) is 7.45. The van der Waals surface area contributed by atoms with Crippen LogP contribution in [0.4, 0.5) is 5.69 Å². The number of hydrogen-bond donors (Lipinski definition) is 1. The van der Waals surface area contributed by atoms with Gasteiger partial charge >= 0.3 is 5.97 Å². The Kier molecular flexibility index (Phi) is 5.31. The van der Waals surface area contributed by atoms with Gasteiger partial charge in [0.25, 0.3) is 0 Å². The van der Waals surface area contributed by atoms with E-state index in [0.717, 1.165) is 4.90 Å². The number of rotatable bonds is 4. The van der Waals surface area contributed by atoms with Crippen molar-refractivity contribution in [1.29, 1.82) is 0 Å². The number of carbonyl (C=O) groups excluding carboxylic acids is 4. The van der Waals surface area contributed by atoms with Gasteiger partial charge in [-0.3, -0.25) is 29.4 Å². The average molecular weight is 458 g/mol. The SMILES string of the molecule is COC(=O)[C@@]1(C)N[C@@H]([C@H]2[C@@H](C(C)(C)C)C(=O)N2c2ccc(OC)cc2)[C@H]2C(=O)N(C)C(=O)[C@H]21. The Balaban J connectivity index is 1.81. The van der Waals surface area contributed by atoms with E-state index >= 15 is 0 Å². The Labute approximate surface area is 193 Å². The molecule has 1 aromatic carbocycles. The van der Waals surface area contributed by atoms with Crippen molar-refractivity contribution in [1.82, 2.24) is 10.2 Å². The number of carbonyl (C=O) groups is 4. The van der Waals surface area contributed by atoms with E-state index in [9.17, 15) is 19.2 Å². The van der Waals surface area contributed by atoms with Crippen LogP contribution >= 0.6 is 0 Å². The summed E-state index contributed by atoms with van der Waals surface area (Å²) in [5.41, 5.74) is -1.11. The molecular formula is C24H31N3O6. The molecule has 0 unspecified atom stereocenters. The summed E-state index contributed by atoms with van der Waals surface area (Å²) in [7, 11) is 4.26. The minimum atomic E-state index is -1.38. The van der Waals surface area contributed by atoms with Crippen molar-refractivity contribution in [3.8, 4) is 5.75 Å². The fourth-order valence-electron chi connectivity index (χ4n) is 5.83. The first kappa shape index (κ1) is 23.2. The van der Waals surface area contributed by atoms with Gasteiger partial charge in [0.05, 0.1) is 38.0 Å². The van der Waals surface area contributed by atoms with Gasteiger partial charge < -0.3 is 14.4 Å². The zero-order valence-corrected chi connectivity index (χ0v) is 20.0. The number of fused-ring (bicyclic) bond motifs is 1. The van der Waals surface area contributed by atoms with E-state index in [1.807, 2.05) is 20.8 Å². The van der Waals surface area contributed by atoms with Crippen LogP contribution in [0.1, 0.15) is 27.7 Å². The lowest BCUT2D eigenvalue weighted by molar-refractivity contribution is -0.153. The number of imide groups is 1. The van der Waals surface area contributed by atoms with E-state index < -0.39 is 52.7 Å². The maximum absolute atomic E-state index is 13.4. The smallest absolute Gasteiger partial charge is 0.326 e. The van der Waals surface area contributed by atoms with Gasteiger partial charge in [-0.05, 0) is 36.6 Å². The van der Waals surface area contributed by atoms with Crippen LogP contribution in [0.25, 0.3) is 0 Å². The van der Waals surface area contributed by atoms with Gasteiger partial charge in [0, 0.05) is 18.8 Å². The van der Waals surface area contributed by atoms with Crippen molar-refractivity contribution in [3.05, 3.63) is 24.3 Å². The van der Waals surface area contributed by atoms with Gasteiger partial charge in [0.2, 0.25) is 17.7 Å². The Morgan fingerprint density at radius 3 is 2.15 bits per heavy atom. The average Bonchev–Trinajstić information content (AvgIpc) is 3.19. The molecule has 9 nitrogen and oxygen atoms in total. The minimum Gasteiger partial charge on any atom is -0.497 e. The van der Waals surface area contributed by atoms with Gasteiger partial charge in [-0.2, -0.15) is 0 Å². The second kappa shape index (κ2) is 7.55. The monoisotopic (exact) mass is 457 g/mol. The first-order valence-corrected chi connectivity index (χ1v) is 11.0. The summed E-state index contributed by atoms with van der Waals surface area (Å²) in [6.45, 7) is 7.54. The lowest BCUT2D eigenvalue weighted by Gasteiger charge is -2.55. The number of amides is 3. The zero-order chi connectivity index (χ0) is 24.5. The molecule has 0 spiro atoms. The second-order valence-corrected chi connectivity index (χ2v) is 10.3. The number of hydrogen-bond acceptors (Lipinski definition) is 7. The molecule has 0 aliphatic carbocycles. The molecule has 6 atom stereocenters. The van der Waals surface area contributed by atoms with E-state index in [-0.39, 0.29) is 11.8 Å². The number of benzene rings is 1. The number of likely N-dealkylation sites (tertiary alicyclic amines) is 1. The maximum atomic E-state index is 13.4. The summed E-state index contributed by atoms with van der Waals surface area (Å²) in [5.74, 6) is -2.87. The lowest BCUT2D eigenvalue weighted by Crippen LogP contribution is -2.73. The zero-order valence-electron chi connectivity index (χ0n) is 20.0. The summed E-state index contributed by atoms with van der Waals surface area (Å²) in [4.78, 5) is 55.2. The highest BCUT2D eigenvalue weighted by atomic mass is 16.5. The van der Waals surface area contributed by atoms with E-state index in [4.69, 9.17) is 9.47 Å². The van der Waals surface area contributed by atoms with Crippen LogP contribution < -0.4 is 15.0 Å². The summed E-state index contributed by atoms with van der Waals surface area (Å²) in [6, 6.07) is 6.08. The van der Waals surface area contributed by atoms with Crippen LogP contribution in [-0.2, 0) is 23.9 Å². The summed E-state index contributed by atoms with van der Waals surface area (Å²) in [6.07, 6.45) is 0. The Hall–Kier alpha value is -2.94. The molecule has 3 heterocycles. The molecule has 0 radical (unpaired) electrons. The first-order valence-electron chi connectivity index (χ1n) is 11.0. The molecule has 33 heavy (non-hydrogen) atoms. The molecule has 0 aromatic heterocycles. The molecule has 9 heteroatoms. The highest BCUT2D eigenvalue weighted by Crippen LogP contribution is 2.51. The molecule has 3 aliphatic rings. The molecule has 1 N–H and O–H groups in total. The quantitative estimate of drug-likeness (QED) is 0.412. The van der Waals surface area contributed by atoms with Crippen molar-refractivity contribution >= 4 is 29.4 Å². The normalized spacial score (nSPS) is 33.8. The Morgan fingerprint density at radius 2 is 1.64 bits per heavy atom. The van der Waals surface area contributed by atoms with Gasteiger partial charge in [-0.25, -0.2) is 0 Å². The molecule has 0 saturated carbocycles. The van der Waals surface area contributed by atoms with Gasteiger partial charge in [-0.1, -0.05) is 20.8 Å². The van der Waals surface area contributed by atoms with E-state index in [1.165, 1.54) is 14.2 Å². The molecule has 3 fully saturated rings. The number of β-lactam (4-membered cyclic amide) rings is 1. The minimum absolute atomic E-state index is 0.0622. The van der Waals surface area contributed by atoms with Crippen LogP contribution in [0.15, 0.2) is 24.3 Å². The van der Waals surface area contributed by atoms with Gasteiger partial charge in [-0.15, -0.1) is 0 Å². The fourth-order valence-corrected chi connectivity index (χ4v) is 5.83. The molecule has 1 aromatic rings. The van der Waals surface area contributed by atoms with E-state index in [1.54, 1.807) is 43.2 Å². The maximum Gasteiger partial charge on any atom is 0.326 e. The van der Waals surface area contributed by atoms with Gasteiger partial charge in [0.1, 0.15) is 11.3 Å². The number of methoxy groups -OCH3 is 2. The number of anilines is 1.